The molecule has 5 rings (SSSR count). The van der Waals surface area contributed by atoms with E-state index in [9.17, 15) is 5.26 Å². The van der Waals surface area contributed by atoms with E-state index in [1.54, 1.807) is 13.4 Å². The molecule has 1 aromatic carbocycles. The molecule has 0 amide bonds. The number of halogens is 1. The van der Waals surface area contributed by atoms with Gasteiger partial charge in [0.25, 0.3) is 0 Å². The number of rotatable bonds is 5. The number of nitrogens with zero attached hydrogens (tertiary/aromatic N) is 7. The van der Waals surface area contributed by atoms with Gasteiger partial charge in [-0.25, -0.2) is 19.6 Å². The summed E-state index contributed by atoms with van der Waals surface area (Å²) in [5.41, 5.74) is 3.64. The molecule has 0 spiro atoms. The van der Waals surface area contributed by atoms with Gasteiger partial charge in [-0.1, -0.05) is 23.7 Å². The molecule has 0 bridgehead atoms. The minimum Gasteiger partial charge on any atom is -0.479 e. The molecule has 0 fully saturated rings. The van der Waals surface area contributed by atoms with Gasteiger partial charge in [0, 0.05) is 23.7 Å². The Kier molecular flexibility index (Phi) is 5.81. The summed E-state index contributed by atoms with van der Waals surface area (Å²) in [6.07, 6.45) is 5.55. The molecule has 0 unspecified atom stereocenters. The first kappa shape index (κ1) is 23.1. The molecule has 178 valence electrons. The van der Waals surface area contributed by atoms with Crippen molar-refractivity contribution in [2.75, 3.05) is 7.11 Å². The zero-order chi connectivity index (χ0) is 24.7. The van der Waals surface area contributed by atoms with Crippen LogP contribution in [-0.2, 0) is 12.0 Å². The van der Waals surface area contributed by atoms with Crippen LogP contribution in [0, 0.1) is 18.3 Å². The first-order chi connectivity index (χ1) is 16.8. The monoisotopic (exact) mass is 487 g/mol. The van der Waals surface area contributed by atoms with Crippen LogP contribution in [0.4, 0.5) is 0 Å². The second kappa shape index (κ2) is 8.82. The summed E-state index contributed by atoms with van der Waals surface area (Å²) in [5.74, 6) is 1.92. The van der Waals surface area contributed by atoms with Crippen molar-refractivity contribution in [3.63, 3.8) is 0 Å². The maximum absolute atomic E-state index is 9.48. The molecule has 0 saturated carbocycles. The van der Waals surface area contributed by atoms with Gasteiger partial charge in [0.2, 0.25) is 5.88 Å². The number of aromatic nitrogens is 6. The molecule has 9 heteroatoms. The number of pyridine rings is 1. The van der Waals surface area contributed by atoms with E-state index in [1.165, 1.54) is 0 Å². The van der Waals surface area contributed by atoms with Crippen LogP contribution in [0.25, 0.3) is 17.2 Å². The second-order valence-corrected chi connectivity index (χ2v) is 9.74. The Hall–Kier alpha value is -3.70. The van der Waals surface area contributed by atoms with Gasteiger partial charge in [0.05, 0.1) is 30.6 Å². The van der Waals surface area contributed by atoms with Gasteiger partial charge in [-0.2, -0.15) is 5.26 Å². The molecule has 4 aromatic rings. The molecular weight excluding hydrogens is 462 g/mol. The van der Waals surface area contributed by atoms with Gasteiger partial charge >= 0.3 is 0 Å². The Morgan fingerprint density at radius 3 is 2.71 bits per heavy atom. The molecule has 0 N–H and O–H groups in total. The topological polar surface area (TPSA) is 94.4 Å². The minimum absolute atomic E-state index is 0.0202. The number of hydrogen-bond acceptors (Lipinski definition) is 6. The molecule has 3 aromatic heterocycles. The number of nitriles is 1. The van der Waals surface area contributed by atoms with Gasteiger partial charge in [-0.3, -0.25) is 0 Å². The summed E-state index contributed by atoms with van der Waals surface area (Å²) in [6, 6.07) is 12.1. The minimum atomic E-state index is -0.603. The average molecular weight is 488 g/mol. The van der Waals surface area contributed by atoms with E-state index in [0.29, 0.717) is 22.4 Å². The lowest BCUT2D eigenvalue weighted by Crippen LogP contribution is -2.19. The Morgan fingerprint density at radius 2 is 2.03 bits per heavy atom. The Balaban J connectivity index is 1.50. The highest BCUT2D eigenvalue weighted by Crippen LogP contribution is 2.38. The van der Waals surface area contributed by atoms with Gasteiger partial charge in [0.15, 0.2) is 5.82 Å². The van der Waals surface area contributed by atoms with Crippen molar-refractivity contribution in [3.8, 4) is 29.2 Å². The highest BCUT2D eigenvalue weighted by molar-refractivity contribution is 6.31. The quantitative estimate of drug-likeness (QED) is 0.383. The van der Waals surface area contributed by atoms with Crippen molar-refractivity contribution in [2.45, 2.75) is 51.5 Å². The number of hydrogen-bond donors (Lipinski definition) is 0. The zero-order valence-electron chi connectivity index (χ0n) is 20.2. The number of ether oxygens (including phenoxy) is 1. The summed E-state index contributed by atoms with van der Waals surface area (Å²) < 4.78 is 9.40. The zero-order valence-corrected chi connectivity index (χ0v) is 20.9. The molecule has 1 aliphatic heterocycles. The first-order valence-corrected chi connectivity index (χ1v) is 11.9. The van der Waals surface area contributed by atoms with Gasteiger partial charge < -0.3 is 9.30 Å². The molecule has 0 saturated heterocycles. The van der Waals surface area contributed by atoms with Crippen LogP contribution in [0.2, 0.25) is 5.02 Å². The molecule has 8 nitrogen and oxygen atoms in total. The predicted molar refractivity (Wildman–Crippen MR) is 133 cm³/mol. The molecular formula is C26H26ClN7O. The number of benzene rings is 1. The van der Waals surface area contributed by atoms with Crippen LogP contribution < -0.4 is 4.74 Å². The molecule has 1 aliphatic rings. The fourth-order valence-electron chi connectivity index (χ4n) is 4.47. The Labute approximate surface area is 209 Å². The fraction of sp³-hybridized carbons (Fsp3) is 0.346. The molecule has 4 heterocycles. The van der Waals surface area contributed by atoms with Crippen molar-refractivity contribution in [2.24, 2.45) is 0 Å². The lowest BCUT2D eigenvalue weighted by Gasteiger charge is -2.24. The third-order valence-electron chi connectivity index (χ3n) is 6.50. The van der Waals surface area contributed by atoms with Crippen LogP contribution >= 0.6 is 11.6 Å². The van der Waals surface area contributed by atoms with Crippen molar-refractivity contribution in [1.29, 1.82) is 5.26 Å². The van der Waals surface area contributed by atoms with Crippen molar-refractivity contribution in [1.82, 2.24) is 29.3 Å². The van der Waals surface area contributed by atoms with E-state index in [4.69, 9.17) is 26.4 Å². The summed E-state index contributed by atoms with van der Waals surface area (Å²) in [6.45, 7) is 6.51. The van der Waals surface area contributed by atoms with E-state index in [0.717, 1.165) is 47.7 Å². The standard InChI is InChI=1S/C26H26ClN7O/c1-16-13-33(15-29-16)22-10-9-21(30-25(22)35-4)23-31-24-19(6-5-11-34(24)32-23)18-8-7-17(12-20(18)27)26(2,3)14-28/h7-10,12-13,15,19H,5-6,11H2,1-4H3/t19-/m0/s1. The lowest BCUT2D eigenvalue weighted by atomic mass is 9.84. The van der Waals surface area contributed by atoms with E-state index < -0.39 is 5.41 Å². The van der Waals surface area contributed by atoms with Crippen LogP contribution in [0.15, 0.2) is 42.9 Å². The second-order valence-electron chi connectivity index (χ2n) is 9.33. The summed E-state index contributed by atoms with van der Waals surface area (Å²) >= 11 is 6.73. The van der Waals surface area contributed by atoms with E-state index in [2.05, 4.69) is 16.0 Å². The maximum atomic E-state index is 9.48. The van der Waals surface area contributed by atoms with Gasteiger partial charge in [-0.05, 0) is 62.9 Å². The number of imidazole rings is 1. The molecule has 1 atom stereocenters. The molecule has 35 heavy (non-hydrogen) atoms. The first-order valence-electron chi connectivity index (χ1n) is 11.5. The smallest absolute Gasteiger partial charge is 0.238 e. The van der Waals surface area contributed by atoms with Crippen LogP contribution in [0.3, 0.4) is 0 Å². The average Bonchev–Trinajstić information content (AvgIpc) is 3.50. The largest absolute Gasteiger partial charge is 0.479 e. The Morgan fingerprint density at radius 1 is 1.20 bits per heavy atom. The number of methoxy groups -OCH3 is 1. The van der Waals surface area contributed by atoms with Crippen LogP contribution in [-0.4, -0.2) is 36.4 Å². The highest BCUT2D eigenvalue weighted by atomic mass is 35.5. The molecule has 0 radical (unpaired) electrons. The highest BCUT2D eigenvalue weighted by Gasteiger charge is 2.29. The summed E-state index contributed by atoms with van der Waals surface area (Å²) in [5, 5.41) is 14.9. The van der Waals surface area contributed by atoms with Gasteiger partial charge in [-0.15, -0.1) is 5.10 Å². The number of aryl methyl sites for hydroxylation is 2. The normalized spacial score (nSPS) is 15.5. The van der Waals surface area contributed by atoms with Crippen molar-refractivity contribution >= 4 is 11.6 Å². The summed E-state index contributed by atoms with van der Waals surface area (Å²) in [4.78, 5) is 13.9. The van der Waals surface area contributed by atoms with E-state index >= 15 is 0 Å². The van der Waals surface area contributed by atoms with E-state index in [1.807, 2.05) is 66.5 Å². The van der Waals surface area contributed by atoms with Crippen LogP contribution in [0.1, 0.15) is 55.3 Å². The third kappa shape index (κ3) is 4.17. The number of fused-ring (bicyclic) bond motifs is 1. The van der Waals surface area contributed by atoms with Crippen LogP contribution in [0.5, 0.6) is 5.88 Å². The summed E-state index contributed by atoms with van der Waals surface area (Å²) in [7, 11) is 1.60. The SMILES string of the molecule is COc1nc(-c2nc3n(n2)CCC[C@H]3c2ccc(C(C)(C)C#N)cc2Cl)ccc1-n1cnc(C)c1. The lowest BCUT2D eigenvalue weighted by molar-refractivity contribution is 0.396. The van der Waals surface area contributed by atoms with Gasteiger partial charge in [0.1, 0.15) is 17.2 Å². The maximum Gasteiger partial charge on any atom is 0.238 e. The Bertz CT molecular complexity index is 1450. The predicted octanol–water partition coefficient (Wildman–Crippen LogP) is 5.22. The third-order valence-corrected chi connectivity index (χ3v) is 6.83. The fourth-order valence-corrected chi connectivity index (χ4v) is 4.79. The van der Waals surface area contributed by atoms with Crippen molar-refractivity contribution < 1.29 is 4.74 Å². The van der Waals surface area contributed by atoms with E-state index in [-0.39, 0.29) is 5.92 Å². The van der Waals surface area contributed by atoms with Crippen molar-refractivity contribution in [3.05, 3.63) is 70.5 Å². The molecule has 0 aliphatic carbocycles.